The summed E-state index contributed by atoms with van der Waals surface area (Å²) in [5.74, 6) is 0. The topological polar surface area (TPSA) is 25.2 Å². The number of nitrogens with one attached hydrogen (secondary N) is 1. The Morgan fingerprint density at radius 3 is 2.94 bits per heavy atom. The van der Waals surface area contributed by atoms with Crippen molar-refractivity contribution in [3.05, 3.63) is 46.5 Å². The molecule has 0 amide bonds. The first-order valence-electron chi connectivity index (χ1n) is 5.65. The summed E-state index contributed by atoms with van der Waals surface area (Å²) in [4.78, 5) is 1.44. The van der Waals surface area contributed by atoms with Crippen LogP contribution in [0.15, 0.2) is 40.5 Å². The van der Waals surface area contributed by atoms with E-state index in [1.807, 2.05) is 23.7 Å². The minimum atomic E-state index is 0.501. The molecular formula is C13H17NOS. The maximum atomic E-state index is 5.10. The van der Waals surface area contributed by atoms with Crippen molar-refractivity contribution in [3.63, 3.8) is 0 Å². The van der Waals surface area contributed by atoms with Crippen LogP contribution in [-0.2, 0) is 12.8 Å². The third-order valence-corrected chi connectivity index (χ3v) is 3.48. The Balaban J connectivity index is 1.94. The highest BCUT2D eigenvalue weighted by Crippen LogP contribution is 2.14. The first-order valence-corrected chi connectivity index (χ1v) is 6.53. The van der Waals surface area contributed by atoms with E-state index in [1.54, 1.807) is 6.26 Å². The molecule has 3 heteroatoms. The van der Waals surface area contributed by atoms with Gasteiger partial charge in [-0.2, -0.15) is 0 Å². The zero-order valence-corrected chi connectivity index (χ0v) is 10.3. The maximum absolute atomic E-state index is 5.10. The van der Waals surface area contributed by atoms with E-state index in [0.29, 0.717) is 6.04 Å². The average molecular weight is 235 g/mol. The van der Waals surface area contributed by atoms with Crippen LogP contribution < -0.4 is 5.32 Å². The molecule has 1 atom stereocenters. The molecule has 0 bridgehead atoms. The van der Waals surface area contributed by atoms with Crippen molar-refractivity contribution in [2.75, 3.05) is 6.54 Å². The standard InChI is InChI=1S/C13H17NOS/c1-2-14-12(8-11-5-6-15-10-11)9-13-4-3-7-16-13/h3-7,10,12,14H,2,8-9H2,1H3. The van der Waals surface area contributed by atoms with Gasteiger partial charge in [0.2, 0.25) is 0 Å². The maximum Gasteiger partial charge on any atom is 0.0935 e. The van der Waals surface area contributed by atoms with Gasteiger partial charge < -0.3 is 9.73 Å². The molecule has 0 aliphatic rings. The van der Waals surface area contributed by atoms with E-state index in [1.165, 1.54) is 10.4 Å². The summed E-state index contributed by atoms with van der Waals surface area (Å²) in [5.41, 5.74) is 1.27. The van der Waals surface area contributed by atoms with Crippen molar-refractivity contribution in [1.29, 1.82) is 0 Å². The second kappa shape index (κ2) is 5.87. The normalized spacial score (nSPS) is 12.8. The molecule has 0 aliphatic heterocycles. The van der Waals surface area contributed by atoms with Crippen molar-refractivity contribution < 1.29 is 4.42 Å². The summed E-state index contributed by atoms with van der Waals surface area (Å²) in [6.45, 7) is 3.16. The lowest BCUT2D eigenvalue weighted by molar-refractivity contribution is 0.516. The summed E-state index contributed by atoms with van der Waals surface area (Å²) in [5, 5.41) is 5.66. The number of thiophene rings is 1. The zero-order valence-electron chi connectivity index (χ0n) is 9.48. The van der Waals surface area contributed by atoms with Crippen molar-refractivity contribution in [2.24, 2.45) is 0 Å². The van der Waals surface area contributed by atoms with Gasteiger partial charge in [0.1, 0.15) is 0 Å². The van der Waals surface area contributed by atoms with Gasteiger partial charge in [-0.05, 0) is 42.5 Å². The highest BCUT2D eigenvalue weighted by Gasteiger charge is 2.10. The van der Waals surface area contributed by atoms with Crippen molar-refractivity contribution in [2.45, 2.75) is 25.8 Å². The summed E-state index contributed by atoms with van der Waals surface area (Å²) in [6.07, 6.45) is 5.70. The minimum absolute atomic E-state index is 0.501. The average Bonchev–Trinajstić information content (AvgIpc) is 2.91. The third kappa shape index (κ3) is 3.22. The fraction of sp³-hybridized carbons (Fsp3) is 0.385. The number of rotatable bonds is 6. The van der Waals surface area contributed by atoms with Crippen LogP contribution in [-0.4, -0.2) is 12.6 Å². The molecule has 0 saturated heterocycles. The Hall–Kier alpha value is -1.06. The largest absolute Gasteiger partial charge is 0.472 e. The smallest absolute Gasteiger partial charge is 0.0935 e. The predicted octanol–water partition coefficient (Wildman–Crippen LogP) is 3.10. The monoisotopic (exact) mass is 235 g/mol. The van der Waals surface area contributed by atoms with Gasteiger partial charge in [0.25, 0.3) is 0 Å². The first kappa shape index (κ1) is 11.4. The fourth-order valence-electron chi connectivity index (χ4n) is 1.87. The summed E-state index contributed by atoms with van der Waals surface area (Å²) in [7, 11) is 0. The van der Waals surface area contributed by atoms with Gasteiger partial charge in [-0.15, -0.1) is 11.3 Å². The molecule has 0 spiro atoms. The van der Waals surface area contributed by atoms with Crippen LogP contribution in [0, 0.1) is 0 Å². The van der Waals surface area contributed by atoms with E-state index in [0.717, 1.165) is 19.4 Å². The van der Waals surface area contributed by atoms with E-state index in [2.05, 4.69) is 29.8 Å². The van der Waals surface area contributed by atoms with Gasteiger partial charge in [-0.25, -0.2) is 0 Å². The Morgan fingerprint density at radius 2 is 2.31 bits per heavy atom. The van der Waals surface area contributed by atoms with Gasteiger partial charge >= 0.3 is 0 Å². The van der Waals surface area contributed by atoms with Crippen LogP contribution >= 0.6 is 11.3 Å². The van der Waals surface area contributed by atoms with E-state index in [-0.39, 0.29) is 0 Å². The molecule has 2 heterocycles. The van der Waals surface area contributed by atoms with E-state index in [4.69, 9.17) is 4.42 Å². The van der Waals surface area contributed by atoms with Crippen molar-refractivity contribution in [1.82, 2.24) is 5.32 Å². The lowest BCUT2D eigenvalue weighted by Gasteiger charge is -2.16. The van der Waals surface area contributed by atoms with Gasteiger partial charge in [0, 0.05) is 10.9 Å². The van der Waals surface area contributed by atoms with Crippen LogP contribution in [0.25, 0.3) is 0 Å². The van der Waals surface area contributed by atoms with Crippen LogP contribution in [0.2, 0.25) is 0 Å². The molecule has 0 radical (unpaired) electrons. The van der Waals surface area contributed by atoms with E-state index >= 15 is 0 Å². The molecule has 0 fully saturated rings. The molecule has 1 unspecified atom stereocenters. The Bertz CT molecular complexity index is 344. The highest BCUT2D eigenvalue weighted by molar-refractivity contribution is 7.09. The second-order valence-electron chi connectivity index (χ2n) is 3.87. The number of likely N-dealkylation sites (N-methyl/N-ethyl adjacent to an activating group) is 1. The van der Waals surface area contributed by atoms with Crippen LogP contribution in [0.3, 0.4) is 0 Å². The first-order chi connectivity index (χ1) is 7.88. The molecule has 0 saturated carbocycles. The molecule has 0 aromatic carbocycles. The molecule has 2 nitrogen and oxygen atoms in total. The molecule has 2 rings (SSSR count). The SMILES string of the molecule is CCNC(Cc1ccoc1)Cc1cccs1. The Morgan fingerprint density at radius 1 is 1.38 bits per heavy atom. The van der Waals surface area contributed by atoms with Gasteiger partial charge in [0.15, 0.2) is 0 Å². The lowest BCUT2D eigenvalue weighted by Crippen LogP contribution is -2.32. The number of hydrogen-bond acceptors (Lipinski definition) is 3. The van der Waals surface area contributed by atoms with Crippen LogP contribution in [0.5, 0.6) is 0 Å². The summed E-state index contributed by atoms with van der Waals surface area (Å²) < 4.78 is 5.10. The fourth-order valence-corrected chi connectivity index (χ4v) is 2.66. The number of furan rings is 1. The predicted molar refractivity (Wildman–Crippen MR) is 67.9 cm³/mol. The van der Waals surface area contributed by atoms with Gasteiger partial charge in [-0.3, -0.25) is 0 Å². The molecule has 2 aromatic rings. The molecule has 86 valence electrons. The van der Waals surface area contributed by atoms with Gasteiger partial charge in [-0.1, -0.05) is 13.0 Å². The van der Waals surface area contributed by atoms with Crippen molar-refractivity contribution >= 4 is 11.3 Å². The zero-order chi connectivity index (χ0) is 11.2. The second-order valence-corrected chi connectivity index (χ2v) is 4.91. The van der Waals surface area contributed by atoms with Crippen LogP contribution in [0.4, 0.5) is 0 Å². The minimum Gasteiger partial charge on any atom is -0.472 e. The molecule has 2 aromatic heterocycles. The molecular weight excluding hydrogens is 218 g/mol. The molecule has 0 aliphatic carbocycles. The molecule has 16 heavy (non-hydrogen) atoms. The number of hydrogen-bond donors (Lipinski definition) is 1. The Kier molecular flexibility index (Phi) is 4.19. The van der Waals surface area contributed by atoms with Crippen LogP contribution in [0.1, 0.15) is 17.4 Å². The van der Waals surface area contributed by atoms with Gasteiger partial charge in [0.05, 0.1) is 12.5 Å². The summed E-state index contributed by atoms with van der Waals surface area (Å²) >= 11 is 1.83. The molecule has 1 N–H and O–H groups in total. The summed E-state index contributed by atoms with van der Waals surface area (Å²) in [6, 6.07) is 6.85. The van der Waals surface area contributed by atoms with Crippen molar-refractivity contribution in [3.8, 4) is 0 Å². The quantitative estimate of drug-likeness (QED) is 0.832. The van der Waals surface area contributed by atoms with E-state index < -0.39 is 0 Å². The third-order valence-electron chi connectivity index (χ3n) is 2.58. The lowest BCUT2D eigenvalue weighted by atomic mass is 10.1. The highest BCUT2D eigenvalue weighted by atomic mass is 32.1. The van der Waals surface area contributed by atoms with E-state index in [9.17, 15) is 0 Å². The Labute approximate surface area is 100 Å².